The van der Waals surface area contributed by atoms with Gasteiger partial charge >= 0.3 is 0 Å². The lowest BCUT2D eigenvalue weighted by Crippen LogP contribution is -2.19. The number of halogens is 2. The second-order valence-electron chi connectivity index (χ2n) is 6.75. The Balaban J connectivity index is 1.64. The number of benzene rings is 3. The van der Waals surface area contributed by atoms with Gasteiger partial charge < -0.3 is 9.88 Å². The molecule has 0 saturated carbocycles. The Hall–Kier alpha value is -3.16. The molecule has 0 aliphatic heterocycles. The Morgan fingerprint density at radius 2 is 1.68 bits per heavy atom. The van der Waals surface area contributed by atoms with Crippen LogP contribution in [0.1, 0.15) is 10.8 Å². The normalized spacial score (nSPS) is 11.8. The van der Waals surface area contributed by atoms with Crippen LogP contribution < -0.4 is 5.32 Å². The summed E-state index contributed by atoms with van der Waals surface area (Å²) in [6.07, 6.45) is 0. The molecule has 0 bridgehead atoms. The van der Waals surface area contributed by atoms with E-state index in [0.29, 0.717) is 21.7 Å². The molecular weight excluding hydrogens is 435 g/mol. The minimum absolute atomic E-state index is 0.245. The molecule has 0 radical (unpaired) electrons. The zero-order valence-corrected chi connectivity index (χ0v) is 18.1. The van der Waals surface area contributed by atoms with Crippen LogP contribution >= 0.6 is 23.4 Å². The number of amides is 1. The van der Waals surface area contributed by atoms with Crippen molar-refractivity contribution in [3.8, 4) is 11.4 Å². The molecule has 0 saturated heterocycles. The molecule has 1 N–H and O–H groups in total. The van der Waals surface area contributed by atoms with Crippen molar-refractivity contribution < 1.29 is 9.18 Å². The van der Waals surface area contributed by atoms with Crippen molar-refractivity contribution in [2.45, 2.75) is 10.4 Å². The van der Waals surface area contributed by atoms with Gasteiger partial charge in [-0.15, -0.1) is 10.2 Å². The monoisotopic (exact) mass is 452 g/mol. The van der Waals surface area contributed by atoms with Crippen molar-refractivity contribution >= 4 is 35.0 Å². The minimum Gasteiger partial charge on any atom is -0.325 e. The molecule has 4 aromatic rings. The van der Waals surface area contributed by atoms with E-state index in [-0.39, 0.29) is 11.7 Å². The zero-order valence-electron chi connectivity index (χ0n) is 16.5. The van der Waals surface area contributed by atoms with Crippen molar-refractivity contribution in [3.63, 3.8) is 0 Å². The van der Waals surface area contributed by atoms with E-state index < -0.39 is 5.25 Å². The predicted molar refractivity (Wildman–Crippen MR) is 122 cm³/mol. The first-order valence-corrected chi connectivity index (χ1v) is 10.7. The summed E-state index contributed by atoms with van der Waals surface area (Å²) >= 11 is 7.60. The Kier molecular flexibility index (Phi) is 6.34. The number of nitrogens with one attached hydrogen (secondary N) is 1. The third-order valence-electron chi connectivity index (χ3n) is 4.63. The van der Waals surface area contributed by atoms with E-state index in [2.05, 4.69) is 15.5 Å². The summed E-state index contributed by atoms with van der Waals surface area (Å²) < 4.78 is 15.0. The summed E-state index contributed by atoms with van der Waals surface area (Å²) in [7, 11) is 1.83. The first kappa shape index (κ1) is 21.1. The highest BCUT2D eigenvalue weighted by Crippen LogP contribution is 2.37. The highest BCUT2D eigenvalue weighted by Gasteiger charge is 2.25. The van der Waals surface area contributed by atoms with Crippen LogP contribution in [0, 0.1) is 5.82 Å². The second-order valence-corrected chi connectivity index (χ2v) is 8.23. The van der Waals surface area contributed by atoms with E-state index in [4.69, 9.17) is 11.6 Å². The second kappa shape index (κ2) is 9.32. The molecule has 4 rings (SSSR count). The maximum Gasteiger partial charge on any atom is 0.242 e. The van der Waals surface area contributed by atoms with Crippen molar-refractivity contribution in [1.82, 2.24) is 14.8 Å². The van der Waals surface area contributed by atoms with Crippen LogP contribution in [0.4, 0.5) is 10.1 Å². The van der Waals surface area contributed by atoms with E-state index in [1.54, 1.807) is 6.07 Å². The average molecular weight is 453 g/mol. The Morgan fingerprint density at radius 1 is 1.00 bits per heavy atom. The highest BCUT2D eigenvalue weighted by atomic mass is 35.5. The molecule has 1 heterocycles. The Morgan fingerprint density at radius 3 is 2.39 bits per heavy atom. The van der Waals surface area contributed by atoms with Crippen molar-refractivity contribution in [1.29, 1.82) is 0 Å². The molecule has 1 amide bonds. The summed E-state index contributed by atoms with van der Waals surface area (Å²) in [5.74, 6) is 0.00197. The highest BCUT2D eigenvalue weighted by molar-refractivity contribution is 8.00. The summed E-state index contributed by atoms with van der Waals surface area (Å²) in [4.78, 5) is 13.1. The number of anilines is 1. The van der Waals surface area contributed by atoms with Crippen LogP contribution in [-0.4, -0.2) is 20.7 Å². The average Bonchev–Trinajstić information content (AvgIpc) is 3.14. The van der Waals surface area contributed by atoms with Crippen molar-refractivity contribution in [2.75, 3.05) is 5.32 Å². The van der Waals surface area contributed by atoms with Crippen LogP contribution in [-0.2, 0) is 11.8 Å². The number of rotatable bonds is 6. The number of carbonyl (C=O) groups is 1. The molecule has 3 aromatic carbocycles. The number of thioether (sulfide) groups is 1. The van der Waals surface area contributed by atoms with Gasteiger partial charge in [0.15, 0.2) is 11.0 Å². The predicted octanol–water partition coefficient (Wildman–Crippen LogP) is 5.75. The third-order valence-corrected chi connectivity index (χ3v) is 6.24. The molecule has 1 unspecified atom stereocenters. The fourth-order valence-electron chi connectivity index (χ4n) is 3.04. The van der Waals surface area contributed by atoms with Crippen LogP contribution in [0.5, 0.6) is 0 Å². The van der Waals surface area contributed by atoms with Crippen LogP contribution in [0.2, 0.25) is 5.02 Å². The van der Waals surface area contributed by atoms with Gasteiger partial charge in [-0.1, -0.05) is 65.8 Å². The maximum atomic E-state index is 13.2. The van der Waals surface area contributed by atoms with Gasteiger partial charge in [-0.25, -0.2) is 4.39 Å². The number of carbonyl (C=O) groups excluding carboxylic acids is 1. The van der Waals surface area contributed by atoms with Gasteiger partial charge in [0.1, 0.15) is 11.1 Å². The van der Waals surface area contributed by atoms with E-state index >= 15 is 0 Å². The number of hydrogen-bond donors (Lipinski definition) is 1. The zero-order chi connectivity index (χ0) is 21.8. The summed E-state index contributed by atoms with van der Waals surface area (Å²) in [5.41, 5.74) is 2.09. The molecule has 5 nitrogen and oxygen atoms in total. The Labute approximate surface area is 188 Å². The fourth-order valence-corrected chi connectivity index (χ4v) is 4.26. The summed E-state index contributed by atoms with van der Waals surface area (Å²) in [6.45, 7) is 0. The smallest absolute Gasteiger partial charge is 0.242 e. The molecule has 1 atom stereocenters. The van der Waals surface area contributed by atoms with Crippen LogP contribution in [0.15, 0.2) is 84.0 Å². The van der Waals surface area contributed by atoms with Gasteiger partial charge in [-0.2, -0.15) is 0 Å². The number of nitrogens with zero attached hydrogens (tertiary/aromatic N) is 3. The summed E-state index contributed by atoms with van der Waals surface area (Å²) in [6, 6.07) is 22.5. The van der Waals surface area contributed by atoms with Gasteiger partial charge in [0.05, 0.1) is 5.02 Å². The minimum atomic E-state index is -0.590. The van der Waals surface area contributed by atoms with Gasteiger partial charge in [0.25, 0.3) is 0 Å². The molecular formula is C23H18ClFN4OS. The van der Waals surface area contributed by atoms with Crippen LogP contribution in [0.3, 0.4) is 0 Å². The lowest BCUT2D eigenvalue weighted by molar-refractivity contribution is -0.115. The van der Waals surface area contributed by atoms with Crippen LogP contribution in [0.25, 0.3) is 11.4 Å². The lowest BCUT2D eigenvalue weighted by atomic mass is 10.1. The topological polar surface area (TPSA) is 59.8 Å². The molecule has 0 fully saturated rings. The van der Waals surface area contributed by atoms with E-state index in [1.165, 1.54) is 36.0 Å². The first-order chi connectivity index (χ1) is 15.0. The first-order valence-electron chi connectivity index (χ1n) is 9.45. The van der Waals surface area contributed by atoms with E-state index in [9.17, 15) is 9.18 Å². The molecule has 0 spiro atoms. The van der Waals surface area contributed by atoms with Crippen molar-refractivity contribution in [3.05, 3.63) is 95.3 Å². The number of aromatic nitrogens is 3. The van der Waals surface area contributed by atoms with Gasteiger partial charge in [0.2, 0.25) is 5.91 Å². The standard InChI is InChI=1S/C23H18ClFN4OS/c1-29-21(18-9-5-6-10-19(18)24)27-28-23(29)31-20(15-7-3-2-4-8-15)22(30)26-17-13-11-16(25)12-14-17/h2-14,20H,1H3,(H,26,30). The molecule has 8 heteroatoms. The third kappa shape index (κ3) is 4.78. The Bertz CT molecular complexity index is 1200. The molecule has 31 heavy (non-hydrogen) atoms. The number of hydrogen-bond acceptors (Lipinski definition) is 4. The van der Waals surface area contributed by atoms with Gasteiger partial charge in [-0.05, 0) is 42.0 Å². The molecule has 0 aliphatic rings. The molecule has 1 aromatic heterocycles. The SMILES string of the molecule is Cn1c(SC(C(=O)Nc2ccc(F)cc2)c2ccccc2)nnc1-c1ccccc1Cl. The van der Waals surface area contributed by atoms with E-state index in [0.717, 1.165) is 11.1 Å². The molecule has 156 valence electrons. The van der Waals surface area contributed by atoms with Gasteiger partial charge in [0, 0.05) is 18.3 Å². The van der Waals surface area contributed by atoms with Crippen molar-refractivity contribution in [2.24, 2.45) is 7.05 Å². The molecule has 0 aliphatic carbocycles. The summed E-state index contributed by atoms with van der Waals surface area (Å²) in [5, 5.41) is 12.0. The largest absolute Gasteiger partial charge is 0.325 e. The lowest BCUT2D eigenvalue weighted by Gasteiger charge is -2.16. The quantitative estimate of drug-likeness (QED) is 0.378. The maximum absolute atomic E-state index is 13.2. The van der Waals surface area contributed by atoms with E-state index in [1.807, 2.05) is 60.1 Å². The fraction of sp³-hybridized carbons (Fsp3) is 0.0870. The van der Waals surface area contributed by atoms with Gasteiger partial charge in [-0.3, -0.25) is 4.79 Å².